The highest BCUT2D eigenvalue weighted by Gasteiger charge is 2.14. The molecule has 114 valence electrons. The standard InChI is InChI=1S/C16H24N4O/c1-3-5-9-14-19-16-12(17)7-6-8-13(16)20(14)11-15(21)18-10-4-2/h6-8H,3-5,9-11,17H2,1-2H3,(H,18,21). The first kappa shape index (κ1) is 15.4. The second-order valence-electron chi connectivity index (χ2n) is 5.28. The van der Waals surface area contributed by atoms with Gasteiger partial charge in [0.15, 0.2) is 0 Å². The van der Waals surface area contributed by atoms with Gasteiger partial charge >= 0.3 is 0 Å². The number of nitrogens with zero attached hydrogens (tertiary/aromatic N) is 2. The summed E-state index contributed by atoms with van der Waals surface area (Å²) in [6.07, 6.45) is 3.96. The lowest BCUT2D eigenvalue weighted by Crippen LogP contribution is -2.28. The number of nitrogens with two attached hydrogens (primary N) is 1. The molecule has 2 aromatic rings. The predicted octanol–water partition coefficient (Wildman–Crippen LogP) is 2.49. The molecule has 1 amide bonds. The molecule has 0 aliphatic heterocycles. The number of benzene rings is 1. The van der Waals surface area contributed by atoms with Gasteiger partial charge in [-0.3, -0.25) is 4.79 Å². The number of carbonyl (C=O) groups excluding carboxylic acids is 1. The topological polar surface area (TPSA) is 72.9 Å². The largest absolute Gasteiger partial charge is 0.397 e. The van der Waals surface area contributed by atoms with Gasteiger partial charge in [-0.2, -0.15) is 0 Å². The molecule has 21 heavy (non-hydrogen) atoms. The average molecular weight is 288 g/mol. The van der Waals surface area contributed by atoms with Gasteiger partial charge < -0.3 is 15.6 Å². The van der Waals surface area contributed by atoms with Crippen LogP contribution in [0.3, 0.4) is 0 Å². The van der Waals surface area contributed by atoms with Crippen LogP contribution in [0.5, 0.6) is 0 Å². The van der Waals surface area contributed by atoms with Crippen molar-refractivity contribution in [3.8, 4) is 0 Å². The minimum Gasteiger partial charge on any atom is -0.397 e. The van der Waals surface area contributed by atoms with Crippen LogP contribution in [0.25, 0.3) is 11.0 Å². The van der Waals surface area contributed by atoms with Crippen LogP contribution in [0.15, 0.2) is 18.2 Å². The second kappa shape index (κ2) is 7.11. The molecule has 0 unspecified atom stereocenters. The summed E-state index contributed by atoms with van der Waals surface area (Å²) in [6.45, 7) is 5.20. The molecule has 0 spiro atoms. The maximum absolute atomic E-state index is 12.0. The third-order valence-corrected chi connectivity index (χ3v) is 3.52. The SMILES string of the molecule is CCCCc1nc2c(N)cccc2n1CC(=O)NCCC. The van der Waals surface area contributed by atoms with Gasteiger partial charge in [-0.25, -0.2) is 4.98 Å². The second-order valence-corrected chi connectivity index (χ2v) is 5.28. The molecule has 0 saturated carbocycles. The van der Waals surface area contributed by atoms with Crippen LogP contribution >= 0.6 is 0 Å². The lowest BCUT2D eigenvalue weighted by Gasteiger charge is -2.09. The van der Waals surface area contributed by atoms with Gasteiger partial charge in [0.2, 0.25) is 5.91 Å². The Bertz CT molecular complexity index is 618. The van der Waals surface area contributed by atoms with E-state index in [-0.39, 0.29) is 5.91 Å². The third kappa shape index (κ3) is 3.54. The minimum absolute atomic E-state index is 0.0244. The molecule has 0 saturated heterocycles. The minimum atomic E-state index is 0.0244. The van der Waals surface area contributed by atoms with Crippen LogP contribution in [-0.2, 0) is 17.8 Å². The van der Waals surface area contributed by atoms with Crippen LogP contribution in [0, 0.1) is 0 Å². The highest BCUT2D eigenvalue weighted by atomic mass is 16.1. The van der Waals surface area contributed by atoms with E-state index < -0.39 is 0 Å². The Morgan fingerprint density at radius 1 is 1.33 bits per heavy atom. The fourth-order valence-electron chi connectivity index (χ4n) is 2.38. The van der Waals surface area contributed by atoms with Gasteiger partial charge in [-0.15, -0.1) is 0 Å². The summed E-state index contributed by atoms with van der Waals surface area (Å²) in [4.78, 5) is 16.7. The van der Waals surface area contributed by atoms with Gasteiger partial charge in [0.05, 0.1) is 11.2 Å². The zero-order chi connectivity index (χ0) is 15.2. The molecule has 0 bridgehead atoms. The highest BCUT2D eigenvalue weighted by molar-refractivity contribution is 5.89. The van der Waals surface area contributed by atoms with Crippen molar-refractivity contribution in [2.24, 2.45) is 0 Å². The van der Waals surface area contributed by atoms with E-state index in [4.69, 9.17) is 5.73 Å². The van der Waals surface area contributed by atoms with Crippen LogP contribution in [0.4, 0.5) is 5.69 Å². The van der Waals surface area contributed by atoms with Gasteiger partial charge in [0, 0.05) is 13.0 Å². The smallest absolute Gasteiger partial charge is 0.240 e. The molecule has 1 heterocycles. The van der Waals surface area contributed by atoms with Crippen molar-refractivity contribution in [3.63, 3.8) is 0 Å². The van der Waals surface area contributed by atoms with E-state index in [1.807, 2.05) is 29.7 Å². The molecule has 0 aliphatic rings. The number of nitrogen functional groups attached to an aromatic ring is 1. The molecule has 0 fully saturated rings. The number of carbonyl (C=O) groups is 1. The van der Waals surface area contributed by atoms with Crippen molar-refractivity contribution >= 4 is 22.6 Å². The quantitative estimate of drug-likeness (QED) is 0.769. The van der Waals surface area contributed by atoms with Crippen LogP contribution in [0.2, 0.25) is 0 Å². The van der Waals surface area contributed by atoms with Crippen LogP contribution < -0.4 is 11.1 Å². The number of aromatic nitrogens is 2. The van der Waals surface area contributed by atoms with E-state index >= 15 is 0 Å². The van der Waals surface area contributed by atoms with Crippen molar-refractivity contribution < 1.29 is 4.79 Å². The number of unbranched alkanes of at least 4 members (excludes halogenated alkanes) is 1. The number of hydrogen-bond donors (Lipinski definition) is 2. The van der Waals surface area contributed by atoms with Crippen LogP contribution in [-0.4, -0.2) is 22.0 Å². The highest BCUT2D eigenvalue weighted by Crippen LogP contribution is 2.22. The molecule has 0 aliphatic carbocycles. The molecule has 5 heteroatoms. The number of imidazole rings is 1. The van der Waals surface area contributed by atoms with Gasteiger partial charge in [0.1, 0.15) is 17.9 Å². The summed E-state index contributed by atoms with van der Waals surface area (Å²) in [5.74, 6) is 0.965. The lowest BCUT2D eigenvalue weighted by atomic mass is 10.2. The van der Waals surface area contributed by atoms with Crippen molar-refractivity contribution in [1.29, 1.82) is 0 Å². The Labute approximate surface area is 125 Å². The fourth-order valence-corrected chi connectivity index (χ4v) is 2.38. The molecule has 5 nitrogen and oxygen atoms in total. The van der Waals surface area contributed by atoms with Gasteiger partial charge in [-0.1, -0.05) is 26.3 Å². The Balaban J connectivity index is 2.33. The summed E-state index contributed by atoms with van der Waals surface area (Å²) in [5, 5.41) is 2.91. The van der Waals surface area contributed by atoms with Gasteiger partial charge in [0.25, 0.3) is 0 Å². The van der Waals surface area contributed by atoms with E-state index in [2.05, 4.69) is 17.2 Å². The Morgan fingerprint density at radius 2 is 2.14 bits per heavy atom. The number of nitrogens with one attached hydrogen (secondary N) is 1. The van der Waals surface area contributed by atoms with E-state index in [9.17, 15) is 4.79 Å². The summed E-state index contributed by atoms with van der Waals surface area (Å²) in [6, 6.07) is 5.73. The maximum Gasteiger partial charge on any atom is 0.240 e. The summed E-state index contributed by atoms with van der Waals surface area (Å²) in [7, 11) is 0. The van der Waals surface area contributed by atoms with E-state index in [1.54, 1.807) is 0 Å². The first-order valence-electron chi connectivity index (χ1n) is 7.67. The number of aryl methyl sites for hydroxylation is 1. The first-order chi connectivity index (χ1) is 10.2. The monoisotopic (exact) mass is 288 g/mol. The Hall–Kier alpha value is -2.04. The normalized spacial score (nSPS) is 11.0. The van der Waals surface area contributed by atoms with Crippen molar-refractivity contribution in [1.82, 2.24) is 14.9 Å². The average Bonchev–Trinajstić information content (AvgIpc) is 2.82. The van der Waals surface area contributed by atoms with E-state index in [0.717, 1.165) is 42.5 Å². The number of rotatable bonds is 7. The molecule has 2 rings (SSSR count). The lowest BCUT2D eigenvalue weighted by molar-refractivity contribution is -0.121. The number of para-hydroxylation sites is 1. The third-order valence-electron chi connectivity index (χ3n) is 3.52. The van der Waals surface area contributed by atoms with Crippen molar-refractivity contribution in [3.05, 3.63) is 24.0 Å². The summed E-state index contributed by atoms with van der Waals surface area (Å²) < 4.78 is 1.99. The predicted molar refractivity (Wildman–Crippen MR) is 86.1 cm³/mol. The van der Waals surface area contributed by atoms with Crippen molar-refractivity contribution in [2.75, 3.05) is 12.3 Å². The van der Waals surface area contributed by atoms with E-state index in [1.165, 1.54) is 0 Å². The summed E-state index contributed by atoms with van der Waals surface area (Å²) in [5.41, 5.74) is 8.40. The number of anilines is 1. The maximum atomic E-state index is 12.0. The molecule has 0 radical (unpaired) electrons. The number of amides is 1. The molecule has 0 atom stereocenters. The zero-order valence-corrected chi connectivity index (χ0v) is 12.9. The van der Waals surface area contributed by atoms with E-state index in [0.29, 0.717) is 18.8 Å². The Kier molecular flexibility index (Phi) is 5.20. The van der Waals surface area contributed by atoms with Crippen LogP contribution in [0.1, 0.15) is 38.9 Å². The van der Waals surface area contributed by atoms with Crippen molar-refractivity contribution in [2.45, 2.75) is 46.1 Å². The fraction of sp³-hybridized carbons (Fsp3) is 0.500. The molecule has 3 N–H and O–H groups in total. The Morgan fingerprint density at radius 3 is 2.86 bits per heavy atom. The molecular weight excluding hydrogens is 264 g/mol. The summed E-state index contributed by atoms with van der Waals surface area (Å²) >= 11 is 0. The zero-order valence-electron chi connectivity index (χ0n) is 12.9. The molecular formula is C16H24N4O. The number of fused-ring (bicyclic) bond motifs is 1. The number of hydrogen-bond acceptors (Lipinski definition) is 3. The first-order valence-corrected chi connectivity index (χ1v) is 7.67. The molecule has 1 aromatic heterocycles. The van der Waals surface area contributed by atoms with Gasteiger partial charge in [-0.05, 0) is 25.0 Å². The molecule has 1 aromatic carbocycles.